The van der Waals surface area contributed by atoms with E-state index in [2.05, 4.69) is 28.6 Å². The number of ether oxygens (including phenoxy) is 2. The average molecular weight is 290 g/mol. The molecule has 0 saturated carbocycles. The highest BCUT2D eigenvalue weighted by atomic mass is 16.5. The molecule has 0 aliphatic carbocycles. The van der Waals surface area contributed by atoms with Gasteiger partial charge >= 0.3 is 0 Å². The second-order valence-corrected chi connectivity index (χ2v) is 4.69. The summed E-state index contributed by atoms with van der Waals surface area (Å²) in [6.45, 7) is 4.00. The number of aromatic nitrogens is 3. The van der Waals surface area contributed by atoms with Crippen LogP contribution in [-0.4, -0.2) is 35.8 Å². The molecule has 0 unspecified atom stereocenters. The lowest BCUT2D eigenvalue weighted by molar-refractivity contribution is 0.273. The van der Waals surface area contributed by atoms with Crippen LogP contribution < -0.4 is 14.8 Å². The number of rotatable bonds is 8. The summed E-state index contributed by atoms with van der Waals surface area (Å²) < 4.78 is 12.9. The molecule has 0 radical (unpaired) electrons. The Hall–Kier alpha value is -2.08. The van der Waals surface area contributed by atoms with Gasteiger partial charge in [-0.25, -0.2) is 4.68 Å². The molecule has 0 aliphatic rings. The fourth-order valence-corrected chi connectivity index (χ4v) is 2.01. The molecule has 1 heterocycles. The van der Waals surface area contributed by atoms with Crippen molar-refractivity contribution in [2.45, 2.75) is 26.4 Å². The summed E-state index contributed by atoms with van der Waals surface area (Å²) in [5.41, 5.74) is 2.15. The third-order valence-electron chi connectivity index (χ3n) is 3.16. The van der Waals surface area contributed by atoms with Crippen molar-refractivity contribution < 1.29 is 9.47 Å². The van der Waals surface area contributed by atoms with Gasteiger partial charge in [-0.15, -0.1) is 5.10 Å². The maximum absolute atomic E-state index is 5.77. The molecule has 0 bridgehead atoms. The minimum absolute atomic E-state index is 0.518. The quantitative estimate of drug-likeness (QED) is 0.801. The van der Waals surface area contributed by atoms with Gasteiger partial charge in [-0.3, -0.25) is 0 Å². The van der Waals surface area contributed by atoms with Crippen molar-refractivity contribution in [3.63, 3.8) is 0 Å². The lowest BCUT2D eigenvalue weighted by Gasteiger charge is -2.11. The molecule has 114 valence electrons. The first kappa shape index (κ1) is 15.3. The molecule has 2 rings (SSSR count). The van der Waals surface area contributed by atoms with Crippen LogP contribution in [0.25, 0.3) is 0 Å². The topological polar surface area (TPSA) is 61.2 Å². The molecule has 0 spiro atoms. The van der Waals surface area contributed by atoms with Crippen LogP contribution in [-0.2, 0) is 19.5 Å². The van der Waals surface area contributed by atoms with E-state index in [9.17, 15) is 0 Å². The Morgan fingerprint density at radius 2 is 2.14 bits per heavy atom. The van der Waals surface area contributed by atoms with Gasteiger partial charge < -0.3 is 14.8 Å². The third kappa shape index (κ3) is 4.19. The van der Waals surface area contributed by atoms with E-state index in [1.54, 1.807) is 11.8 Å². The van der Waals surface area contributed by atoms with E-state index >= 15 is 0 Å². The van der Waals surface area contributed by atoms with Crippen LogP contribution in [0.5, 0.6) is 11.5 Å². The first-order valence-electron chi connectivity index (χ1n) is 7.10. The smallest absolute Gasteiger partial charge is 0.161 e. The number of methoxy groups -OCH3 is 1. The van der Waals surface area contributed by atoms with Crippen molar-refractivity contribution in [3.05, 3.63) is 35.7 Å². The van der Waals surface area contributed by atoms with Crippen molar-refractivity contribution in [2.24, 2.45) is 0 Å². The summed E-state index contributed by atoms with van der Waals surface area (Å²) in [7, 11) is 3.54. The Balaban J connectivity index is 1.90. The standard InChI is InChI=1S/C15H22N4O2/c1-4-12-5-6-14(15(9-12)20-3)21-8-7-19-11-13(10-16-2)17-18-19/h5-6,9,11,16H,4,7-8,10H2,1-3H3. The molecule has 0 atom stereocenters. The van der Waals surface area contributed by atoms with Gasteiger partial charge in [0, 0.05) is 12.7 Å². The fourth-order valence-electron chi connectivity index (χ4n) is 2.01. The van der Waals surface area contributed by atoms with Crippen LogP contribution >= 0.6 is 0 Å². The van der Waals surface area contributed by atoms with Crippen molar-refractivity contribution in [2.75, 3.05) is 20.8 Å². The molecule has 0 saturated heterocycles. The van der Waals surface area contributed by atoms with Crippen LogP contribution in [0, 0.1) is 0 Å². The zero-order valence-corrected chi connectivity index (χ0v) is 12.8. The number of benzene rings is 1. The summed E-state index contributed by atoms with van der Waals surface area (Å²) in [6, 6.07) is 6.01. The highest BCUT2D eigenvalue weighted by molar-refractivity contribution is 5.42. The van der Waals surface area contributed by atoms with Crippen LogP contribution in [0.4, 0.5) is 0 Å². The van der Waals surface area contributed by atoms with Crippen molar-refractivity contribution in [3.8, 4) is 11.5 Å². The summed E-state index contributed by atoms with van der Waals surface area (Å²) in [5, 5.41) is 11.2. The Morgan fingerprint density at radius 3 is 2.86 bits per heavy atom. The van der Waals surface area contributed by atoms with E-state index in [0.29, 0.717) is 19.7 Å². The SMILES string of the molecule is CCc1ccc(OCCn2cc(CNC)nn2)c(OC)c1. The van der Waals surface area contributed by atoms with Gasteiger partial charge in [-0.1, -0.05) is 18.2 Å². The zero-order valence-electron chi connectivity index (χ0n) is 12.8. The molecule has 0 amide bonds. The molecule has 6 nitrogen and oxygen atoms in total. The maximum atomic E-state index is 5.77. The Labute approximate surface area is 125 Å². The zero-order chi connectivity index (χ0) is 15.1. The van der Waals surface area contributed by atoms with Crippen LogP contribution in [0.1, 0.15) is 18.2 Å². The lowest BCUT2D eigenvalue weighted by Crippen LogP contribution is -2.09. The molecule has 1 N–H and O–H groups in total. The Kier molecular flexibility index (Phi) is 5.57. The Bertz CT molecular complexity index is 569. The largest absolute Gasteiger partial charge is 0.493 e. The molecular weight excluding hydrogens is 268 g/mol. The molecule has 0 aliphatic heterocycles. The minimum Gasteiger partial charge on any atom is -0.493 e. The maximum Gasteiger partial charge on any atom is 0.161 e. The number of nitrogens with zero attached hydrogens (tertiary/aromatic N) is 3. The highest BCUT2D eigenvalue weighted by Gasteiger charge is 2.06. The van der Waals surface area contributed by atoms with Crippen molar-refractivity contribution in [1.82, 2.24) is 20.3 Å². The molecule has 1 aromatic carbocycles. The molecule has 1 aromatic heterocycles. The highest BCUT2D eigenvalue weighted by Crippen LogP contribution is 2.28. The van der Waals surface area contributed by atoms with Crippen LogP contribution in [0.3, 0.4) is 0 Å². The van der Waals surface area contributed by atoms with Crippen LogP contribution in [0.2, 0.25) is 0 Å². The summed E-state index contributed by atoms with van der Waals surface area (Å²) >= 11 is 0. The molecule has 6 heteroatoms. The average Bonchev–Trinajstić information content (AvgIpc) is 2.95. The van der Waals surface area contributed by atoms with Gasteiger partial charge in [-0.05, 0) is 31.2 Å². The van der Waals surface area contributed by atoms with Gasteiger partial charge in [0.05, 0.1) is 19.3 Å². The van der Waals surface area contributed by atoms with Crippen molar-refractivity contribution >= 4 is 0 Å². The third-order valence-corrected chi connectivity index (χ3v) is 3.16. The van der Waals surface area contributed by atoms with Gasteiger partial charge in [0.2, 0.25) is 0 Å². The number of hydrogen-bond acceptors (Lipinski definition) is 5. The summed E-state index contributed by atoms with van der Waals surface area (Å²) in [4.78, 5) is 0. The predicted octanol–water partition coefficient (Wildman–Crippen LogP) is 1.65. The first-order chi connectivity index (χ1) is 10.3. The van der Waals surface area contributed by atoms with Gasteiger partial charge in [0.15, 0.2) is 11.5 Å². The monoisotopic (exact) mass is 290 g/mol. The van der Waals surface area contributed by atoms with Gasteiger partial charge in [0.25, 0.3) is 0 Å². The predicted molar refractivity (Wildman–Crippen MR) is 80.7 cm³/mol. The normalized spacial score (nSPS) is 10.6. The Morgan fingerprint density at radius 1 is 1.29 bits per heavy atom. The van der Waals surface area contributed by atoms with Gasteiger partial charge in [0.1, 0.15) is 6.61 Å². The first-order valence-corrected chi connectivity index (χ1v) is 7.10. The lowest BCUT2D eigenvalue weighted by atomic mass is 10.1. The molecule has 0 fully saturated rings. The number of nitrogens with one attached hydrogen (secondary N) is 1. The second-order valence-electron chi connectivity index (χ2n) is 4.69. The number of hydrogen-bond donors (Lipinski definition) is 1. The fraction of sp³-hybridized carbons (Fsp3) is 0.467. The minimum atomic E-state index is 0.518. The van der Waals surface area contributed by atoms with E-state index < -0.39 is 0 Å². The summed E-state index contributed by atoms with van der Waals surface area (Å²) in [5.74, 6) is 1.52. The molecular formula is C15H22N4O2. The van der Waals surface area contributed by atoms with Crippen LogP contribution in [0.15, 0.2) is 24.4 Å². The van der Waals surface area contributed by atoms with E-state index in [1.165, 1.54) is 5.56 Å². The second kappa shape index (κ2) is 7.64. The van der Waals surface area contributed by atoms with E-state index in [0.717, 1.165) is 23.6 Å². The molecule has 21 heavy (non-hydrogen) atoms. The summed E-state index contributed by atoms with van der Waals surface area (Å²) in [6.07, 6.45) is 2.89. The molecule has 2 aromatic rings. The van der Waals surface area contributed by atoms with E-state index in [-0.39, 0.29) is 0 Å². The van der Waals surface area contributed by atoms with E-state index in [1.807, 2.05) is 25.4 Å². The van der Waals surface area contributed by atoms with Crippen molar-refractivity contribution in [1.29, 1.82) is 0 Å². The van der Waals surface area contributed by atoms with E-state index in [4.69, 9.17) is 9.47 Å². The number of aryl methyl sites for hydroxylation is 1. The van der Waals surface area contributed by atoms with Gasteiger partial charge in [-0.2, -0.15) is 0 Å².